The fourth-order valence-corrected chi connectivity index (χ4v) is 9.82. The minimum Gasteiger partial charge on any atom is -0.790 e. The van der Waals surface area contributed by atoms with Crippen molar-refractivity contribution in [2.45, 2.75) is 121 Å². The van der Waals surface area contributed by atoms with Gasteiger partial charge < -0.3 is 93.8 Å². The Balaban J connectivity index is 1.14. The first-order chi connectivity index (χ1) is 30.6. The van der Waals surface area contributed by atoms with Crippen molar-refractivity contribution in [2.24, 2.45) is 5.41 Å². The van der Waals surface area contributed by atoms with Crippen molar-refractivity contribution in [1.29, 1.82) is 0 Å². The number of hydrogen-bond acceptors (Lipinski definition) is 27. The summed E-state index contributed by atoms with van der Waals surface area (Å²) in [4.78, 5) is 96.8. The summed E-state index contributed by atoms with van der Waals surface area (Å²) < 4.78 is 71.7. The Labute approximate surface area is 380 Å². The van der Waals surface area contributed by atoms with Gasteiger partial charge in [-0.25, -0.2) is 19.3 Å². The number of nitrogens with two attached hydrogens (primary N) is 1. The molecule has 0 radical (unpaired) electrons. The van der Waals surface area contributed by atoms with Crippen molar-refractivity contribution in [1.82, 2.24) is 30.2 Å². The van der Waals surface area contributed by atoms with Crippen LogP contribution in [0.4, 0.5) is 5.82 Å². The number of carbonyl (C=O) groups excluding carboxylic acids is 3. The lowest BCUT2D eigenvalue weighted by molar-refractivity contribution is -0.347. The van der Waals surface area contributed by atoms with E-state index in [9.17, 15) is 73.2 Å². The van der Waals surface area contributed by atoms with E-state index in [1.165, 1.54) is 13.8 Å². The number of phosphoric ester groups is 3. The second-order valence-electron chi connectivity index (χ2n) is 15.8. The summed E-state index contributed by atoms with van der Waals surface area (Å²) in [6.45, 7) is 3.02. The molecule has 2 aliphatic rings. The van der Waals surface area contributed by atoms with E-state index in [1.54, 1.807) is 13.8 Å². The quantitative estimate of drug-likeness (QED) is 0.0343. The second-order valence-corrected chi connectivity index (χ2v) is 21.0. The number of carbonyl (C=O) groups is 3. The van der Waals surface area contributed by atoms with Crippen molar-refractivity contribution in [3.05, 3.63) is 12.7 Å². The number of aliphatic hydroxyl groups excluding tert-OH is 5. The fourth-order valence-electron chi connectivity index (χ4n) is 6.34. The molecule has 2 saturated heterocycles. The molecule has 29 nitrogen and oxygen atoms in total. The largest absolute Gasteiger partial charge is 0.790 e. The second kappa shape index (κ2) is 23.8. The minimum absolute atomic E-state index is 0.0291. The third-order valence-corrected chi connectivity index (χ3v) is 13.7. The van der Waals surface area contributed by atoms with Crippen LogP contribution in [0.2, 0.25) is 0 Å². The first kappa shape index (κ1) is 56.0. The average molecular weight is 1020 g/mol. The van der Waals surface area contributed by atoms with Crippen LogP contribution in [0.1, 0.15) is 59.6 Å². The van der Waals surface area contributed by atoms with Gasteiger partial charge >= 0.3 is 0 Å². The van der Waals surface area contributed by atoms with Crippen molar-refractivity contribution < 1.29 is 105 Å². The Morgan fingerprint density at radius 1 is 1.02 bits per heavy atom. The molecule has 2 unspecified atom stereocenters. The Morgan fingerprint density at radius 3 is 2.38 bits per heavy atom. The molecule has 2 amide bonds. The highest BCUT2D eigenvalue weighted by molar-refractivity contribution is 8.13. The number of fused-ring (bicyclic) bond motifs is 1. The summed E-state index contributed by atoms with van der Waals surface area (Å²) in [6, 6.07) is 0. The van der Waals surface area contributed by atoms with Gasteiger partial charge in [0.25, 0.3) is 15.6 Å². The third-order valence-electron chi connectivity index (χ3n) is 9.80. The number of hydrogen-bond donors (Lipinski definition) is 8. The summed E-state index contributed by atoms with van der Waals surface area (Å²) in [5.74, 6) is -1.56. The molecule has 4 heterocycles. The molecule has 9 N–H and O–H groups in total. The first-order valence-corrected chi connectivity index (χ1v) is 25.3. The lowest BCUT2D eigenvalue weighted by atomic mass is 9.87. The molecule has 33 heteroatoms. The van der Waals surface area contributed by atoms with E-state index in [0.29, 0.717) is 0 Å². The van der Waals surface area contributed by atoms with Crippen molar-refractivity contribution in [3.8, 4) is 0 Å². The number of rotatable bonds is 25. The Bertz CT molecular complexity index is 2120. The van der Waals surface area contributed by atoms with Gasteiger partial charge in [0.1, 0.15) is 42.4 Å². The SMILES string of the molecule is C[C@H](C[C@@H](O)CC(=O)SCCNC(=O)CCNC(=O)[C@H](O)C(C)(C)COP(=O)([O-])OP(=O)([O-])OC[C@H]1O[C@@H](n2cnc3c(N)ncnc32)[C@H](O)[C@@H]1OP(=O)([O-])[O-])O[C@@H]1O[C@@H](C)[C@H](O)C[C@H]1O. The normalized spacial score (nSPS) is 27.1. The molecule has 0 aromatic carbocycles. The number of amides is 2. The molecule has 0 spiro atoms. The van der Waals surface area contributed by atoms with E-state index in [4.69, 9.17) is 19.9 Å². The Kier molecular flexibility index (Phi) is 20.2. The zero-order valence-electron chi connectivity index (χ0n) is 35.7. The third kappa shape index (κ3) is 16.8. The molecule has 2 fully saturated rings. The molecule has 2 aliphatic heterocycles. The van der Waals surface area contributed by atoms with Crippen LogP contribution in [0.25, 0.3) is 11.2 Å². The van der Waals surface area contributed by atoms with Crippen LogP contribution >= 0.6 is 35.2 Å². The standard InChI is InChI=1S/C33H56N7O22P3S/c1-16(58-32-20(43)11-19(42)17(2)59-32)9-18(41)10-23(45)66-8-7-35-22(44)5-6-36-30(48)27(47)33(3,4)13-57-65(54,55)62-64(52,53)56-12-21-26(61-63(49,50)51)25(46)31(60-21)40-15-39-24-28(34)37-14-38-29(24)40/h14-21,25-27,31-32,41-43,46-47H,5-13H2,1-4H3,(H,35,44)(H,36,48)(H,52,53)(H,54,55)(H2,34,37,38)(H2,49,50,51)/p-4/t16-,17+,18-,19-,20-,21-,25-,26-,27+,31-,32-/m1/s1. The molecular weight excluding hydrogens is 971 g/mol. The summed E-state index contributed by atoms with van der Waals surface area (Å²) in [5, 5.41) is 56.0. The van der Waals surface area contributed by atoms with Crippen LogP contribution in [0.15, 0.2) is 12.7 Å². The number of nitrogens with one attached hydrogen (secondary N) is 2. The number of aromatic nitrogens is 4. The maximum absolute atomic E-state index is 12.6. The van der Waals surface area contributed by atoms with E-state index >= 15 is 0 Å². The van der Waals surface area contributed by atoms with Crippen LogP contribution in [0.5, 0.6) is 0 Å². The van der Waals surface area contributed by atoms with Gasteiger partial charge in [0, 0.05) is 43.5 Å². The van der Waals surface area contributed by atoms with Gasteiger partial charge in [-0.15, -0.1) is 0 Å². The predicted octanol–water partition coefficient (Wildman–Crippen LogP) is -4.46. The smallest absolute Gasteiger partial charge is 0.274 e. The number of aliphatic hydroxyl groups is 5. The van der Waals surface area contributed by atoms with Crippen molar-refractivity contribution >= 4 is 69.1 Å². The van der Waals surface area contributed by atoms with Crippen molar-refractivity contribution in [3.63, 3.8) is 0 Å². The molecule has 66 heavy (non-hydrogen) atoms. The molecule has 0 aliphatic carbocycles. The predicted molar refractivity (Wildman–Crippen MR) is 215 cm³/mol. The monoisotopic (exact) mass is 1020 g/mol. The van der Waals surface area contributed by atoms with Crippen molar-refractivity contribution in [2.75, 3.05) is 37.8 Å². The van der Waals surface area contributed by atoms with Gasteiger partial charge in [0.15, 0.2) is 29.1 Å². The van der Waals surface area contributed by atoms with Gasteiger partial charge in [-0.2, -0.15) is 0 Å². The summed E-state index contributed by atoms with van der Waals surface area (Å²) in [5.41, 5.74) is 3.99. The van der Waals surface area contributed by atoms with Crippen LogP contribution in [-0.2, 0) is 60.2 Å². The highest BCUT2D eigenvalue weighted by Crippen LogP contribution is 2.56. The highest BCUT2D eigenvalue weighted by Gasteiger charge is 2.47. The lowest BCUT2D eigenvalue weighted by Crippen LogP contribution is -2.48. The molecule has 0 saturated carbocycles. The van der Waals surface area contributed by atoms with Gasteiger partial charge in [-0.05, 0) is 20.3 Å². The van der Waals surface area contributed by atoms with E-state index < -0.39 is 121 Å². The zero-order valence-corrected chi connectivity index (χ0v) is 39.2. The van der Waals surface area contributed by atoms with Gasteiger partial charge in [-0.1, -0.05) is 25.6 Å². The van der Waals surface area contributed by atoms with Crippen LogP contribution < -0.4 is 35.9 Å². The number of nitrogen functional groups attached to an aromatic ring is 1. The maximum Gasteiger partial charge on any atom is 0.274 e. The van der Waals surface area contributed by atoms with Gasteiger partial charge in [0.05, 0.1) is 51.8 Å². The average Bonchev–Trinajstić information content (AvgIpc) is 3.76. The molecule has 2 aromatic rings. The highest BCUT2D eigenvalue weighted by atomic mass is 32.2. The van der Waals surface area contributed by atoms with Gasteiger partial charge in [-0.3, -0.25) is 28.1 Å². The molecule has 0 bridgehead atoms. The Morgan fingerprint density at radius 2 is 1.70 bits per heavy atom. The summed E-state index contributed by atoms with van der Waals surface area (Å²) >= 11 is 0.857. The summed E-state index contributed by atoms with van der Waals surface area (Å²) in [6.07, 6.45) is -13.0. The van der Waals surface area contributed by atoms with Crippen LogP contribution in [0.3, 0.4) is 0 Å². The molecule has 4 rings (SSSR count). The van der Waals surface area contributed by atoms with E-state index in [0.717, 1.165) is 29.0 Å². The number of nitrogens with zero attached hydrogens (tertiary/aromatic N) is 4. The van der Waals surface area contributed by atoms with E-state index in [2.05, 4.69) is 43.5 Å². The van der Waals surface area contributed by atoms with Gasteiger partial charge in [0.2, 0.25) is 11.8 Å². The molecule has 13 atom stereocenters. The number of thioether (sulfide) groups is 1. The van der Waals surface area contributed by atoms with Crippen LogP contribution in [0, 0.1) is 5.41 Å². The Hall–Kier alpha value is -2.64. The van der Waals surface area contributed by atoms with Crippen LogP contribution in [-0.4, -0.2) is 155 Å². The van der Waals surface area contributed by atoms with E-state index in [1.807, 2.05) is 0 Å². The minimum atomic E-state index is -5.95. The topological polar surface area (TPSA) is 454 Å². The number of anilines is 1. The van der Waals surface area contributed by atoms with E-state index in [-0.39, 0.29) is 66.6 Å². The lowest BCUT2D eigenvalue weighted by Gasteiger charge is -2.36. The maximum atomic E-state index is 12.6. The number of phosphoric acid groups is 3. The summed E-state index contributed by atoms with van der Waals surface area (Å²) in [7, 11) is -17.7. The number of imidazole rings is 1. The number of ether oxygens (including phenoxy) is 3. The molecule has 376 valence electrons. The fraction of sp³-hybridized carbons (Fsp3) is 0.758. The molecule has 2 aromatic heterocycles. The first-order valence-electron chi connectivity index (χ1n) is 19.9. The zero-order chi connectivity index (χ0) is 49.4. The molecular formula is C33H52N7O22P3S-4.